The number of nitrogens with one attached hydrogen (secondary N) is 1. The van der Waals surface area contributed by atoms with Crippen molar-refractivity contribution < 1.29 is 9.53 Å². The van der Waals surface area contributed by atoms with E-state index in [2.05, 4.69) is 29.6 Å². The van der Waals surface area contributed by atoms with Crippen molar-refractivity contribution in [1.29, 1.82) is 0 Å². The summed E-state index contributed by atoms with van der Waals surface area (Å²) in [7, 11) is 1.85. The molecule has 0 unspecified atom stereocenters. The van der Waals surface area contributed by atoms with Gasteiger partial charge in [-0.25, -0.2) is 0 Å². The standard InChI is InChI=1S/C24H43NO2/c1-25-23-21-19-17-15-13-11-9-7-5-3-2-4-6-8-10-12-14-16-18-20-22-24(26)27-23/h9,11,17,19,23,25H,2-8,10,12-16,18,20-22H2,1H3/b11-9+,19-17+/t23-/m1/s1. The Hall–Kier alpha value is -1.09. The lowest BCUT2D eigenvalue weighted by molar-refractivity contribution is -0.150. The van der Waals surface area contributed by atoms with Gasteiger partial charge in [0.25, 0.3) is 0 Å². The number of rotatable bonds is 1. The second kappa shape index (κ2) is 18.3. The van der Waals surface area contributed by atoms with Crippen molar-refractivity contribution in [3.63, 3.8) is 0 Å². The number of esters is 1. The molecule has 27 heavy (non-hydrogen) atoms. The molecule has 0 aromatic carbocycles. The molecule has 0 aromatic heterocycles. The number of carbonyl (C=O) groups is 1. The van der Waals surface area contributed by atoms with Crippen LogP contribution in [0.25, 0.3) is 0 Å². The first-order valence-electron chi connectivity index (χ1n) is 11.5. The Balaban J connectivity index is 2.31. The van der Waals surface area contributed by atoms with Crippen LogP contribution in [-0.2, 0) is 9.53 Å². The minimum atomic E-state index is -0.199. The average molecular weight is 378 g/mol. The van der Waals surface area contributed by atoms with Crippen LogP contribution in [-0.4, -0.2) is 19.2 Å². The van der Waals surface area contributed by atoms with Crippen molar-refractivity contribution in [3.8, 4) is 0 Å². The number of hydrogen-bond acceptors (Lipinski definition) is 3. The van der Waals surface area contributed by atoms with Gasteiger partial charge in [0.1, 0.15) is 0 Å². The van der Waals surface area contributed by atoms with Crippen LogP contribution in [0.4, 0.5) is 0 Å². The first-order chi connectivity index (χ1) is 13.3. The minimum absolute atomic E-state index is 0.0693. The Bertz CT molecular complexity index is 403. The molecule has 1 heterocycles. The van der Waals surface area contributed by atoms with Crippen LogP contribution in [0, 0.1) is 0 Å². The molecule has 0 spiro atoms. The van der Waals surface area contributed by atoms with Crippen LogP contribution in [0.3, 0.4) is 0 Å². The van der Waals surface area contributed by atoms with Crippen molar-refractivity contribution in [2.24, 2.45) is 0 Å². The maximum Gasteiger partial charge on any atom is 0.307 e. The van der Waals surface area contributed by atoms with Gasteiger partial charge >= 0.3 is 5.97 Å². The molecule has 1 rings (SSSR count). The zero-order chi connectivity index (χ0) is 19.4. The second-order valence-corrected chi connectivity index (χ2v) is 7.80. The summed E-state index contributed by atoms with van der Waals surface area (Å²) < 4.78 is 5.52. The molecule has 0 saturated heterocycles. The zero-order valence-corrected chi connectivity index (χ0v) is 17.7. The van der Waals surface area contributed by atoms with Gasteiger partial charge in [-0.05, 0) is 39.2 Å². The summed E-state index contributed by atoms with van der Waals surface area (Å²) in [5.74, 6) is -0.0693. The lowest BCUT2D eigenvalue weighted by Crippen LogP contribution is -2.30. The summed E-state index contributed by atoms with van der Waals surface area (Å²) in [6.07, 6.45) is 29.1. The second-order valence-electron chi connectivity index (χ2n) is 7.80. The van der Waals surface area contributed by atoms with E-state index in [1.54, 1.807) is 0 Å². The smallest absolute Gasteiger partial charge is 0.307 e. The van der Waals surface area contributed by atoms with E-state index in [1.165, 1.54) is 70.6 Å². The lowest BCUT2D eigenvalue weighted by Gasteiger charge is -2.15. The fraction of sp³-hybridized carbons (Fsp3) is 0.792. The van der Waals surface area contributed by atoms with Gasteiger partial charge in [-0.15, -0.1) is 0 Å². The first-order valence-corrected chi connectivity index (χ1v) is 11.5. The summed E-state index contributed by atoms with van der Waals surface area (Å²) in [6.45, 7) is 0. The molecule has 1 aliphatic rings. The highest BCUT2D eigenvalue weighted by molar-refractivity contribution is 5.69. The molecule has 1 aliphatic heterocycles. The van der Waals surface area contributed by atoms with Crippen LogP contribution in [0.5, 0.6) is 0 Å². The van der Waals surface area contributed by atoms with Gasteiger partial charge in [0, 0.05) is 12.8 Å². The minimum Gasteiger partial charge on any atom is -0.446 e. The third-order valence-electron chi connectivity index (χ3n) is 5.28. The lowest BCUT2D eigenvalue weighted by atomic mass is 10.0. The van der Waals surface area contributed by atoms with Gasteiger partial charge in [-0.2, -0.15) is 0 Å². The highest BCUT2D eigenvalue weighted by Crippen LogP contribution is 2.13. The zero-order valence-electron chi connectivity index (χ0n) is 17.7. The SMILES string of the molecule is CN[C@H]1C/C=C/CC/C=C/CCCCCCCCCCCCCCC(=O)O1. The van der Waals surface area contributed by atoms with E-state index in [-0.39, 0.29) is 12.2 Å². The van der Waals surface area contributed by atoms with Gasteiger partial charge in [0.2, 0.25) is 0 Å². The molecule has 1 N–H and O–H groups in total. The fourth-order valence-corrected chi connectivity index (χ4v) is 3.51. The van der Waals surface area contributed by atoms with Crippen molar-refractivity contribution in [1.82, 2.24) is 5.32 Å². The summed E-state index contributed by atoms with van der Waals surface area (Å²) in [4.78, 5) is 12.0. The number of carbonyl (C=O) groups excluding carboxylic acids is 1. The van der Waals surface area contributed by atoms with Crippen molar-refractivity contribution in [3.05, 3.63) is 24.3 Å². The van der Waals surface area contributed by atoms with E-state index in [0.717, 1.165) is 32.1 Å². The number of hydrogen-bond donors (Lipinski definition) is 1. The van der Waals surface area contributed by atoms with E-state index in [9.17, 15) is 4.79 Å². The van der Waals surface area contributed by atoms with Gasteiger partial charge < -0.3 is 4.74 Å². The summed E-state index contributed by atoms with van der Waals surface area (Å²) >= 11 is 0. The van der Waals surface area contributed by atoms with Gasteiger partial charge in [-0.3, -0.25) is 10.1 Å². The molecule has 0 bridgehead atoms. The summed E-state index contributed by atoms with van der Waals surface area (Å²) in [6, 6.07) is 0. The Labute approximate surface area is 168 Å². The predicted octanol–water partition coefficient (Wildman–Crippen LogP) is 6.83. The number of ether oxygens (including phenoxy) is 1. The Morgan fingerprint density at radius 1 is 0.704 bits per heavy atom. The van der Waals surface area contributed by atoms with E-state index < -0.39 is 0 Å². The fourth-order valence-electron chi connectivity index (χ4n) is 3.51. The predicted molar refractivity (Wildman–Crippen MR) is 116 cm³/mol. The van der Waals surface area contributed by atoms with Crippen LogP contribution in [0.2, 0.25) is 0 Å². The first kappa shape index (κ1) is 23.9. The van der Waals surface area contributed by atoms with E-state index in [0.29, 0.717) is 6.42 Å². The molecule has 0 aromatic rings. The van der Waals surface area contributed by atoms with E-state index in [4.69, 9.17) is 4.74 Å². The molecule has 3 heteroatoms. The topological polar surface area (TPSA) is 38.3 Å². The molecule has 0 radical (unpaired) electrons. The molecular formula is C24H43NO2. The molecular weight excluding hydrogens is 334 g/mol. The monoisotopic (exact) mass is 377 g/mol. The maximum atomic E-state index is 12.0. The van der Waals surface area contributed by atoms with Gasteiger partial charge in [0.15, 0.2) is 6.23 Å². The van der Waals surface area contributed by atoms with Crippen molar-refractivity contribution >= 4 is 5.97 Å². The largest absolute Gasteiger partial charge is 0.446 e. The van der Waals surface area contributed by atoms with Gasteiger partial charge in [-0.1, -0.05) is 88.5 Å². The highest BCUT2D eigenvalue weighted by Gasteiger charge is 2.10. The average Bonchev–Trinajstić information content (AvgIpc) is 2.67. The third kappa shape index (κ3) is 15.6. The Morgan fingerprint density at radius 3 is 1.78 bits per heavy atom. The third-order valence-corrected chi connectivity index (χ3v) is 5.28. The van der Waals surface area contributed by atoms with E-state index in [1.807, 2.05) is 7.05 Å². The molecule has 0 aliphatic carbocycles. The molecule has 1 atom stereocenters. The van der Waals surface area contributed by atoms with Crippen molar-refractivity contribution in [2.45, 2.75) is 115 Å². The Kier molecular flexibility index (Phi) is 16.2. The summed E-state index contributed by atoms with van der Waals surface area (Å²) in [5, 5.41) is 3.09. The van der Waals surface area contributed by atoms with Gasteiger partial charge in [0.05, 0.1) is 0 Å². The number of cyclic esters (lactones) is 1. The Morgan fingerprint density at radius 2 is 1.19 bits per heavy atom. The van der Waals surface area contributed by atoms with Crippen LogP contribution < -0.4 is 5.32 Å². The quantitative estimate of drug-likeness (QED) is 0.402. The number of allylic oxidation sites excluding steroid dienone is 3. The summed E-state index contributed by atoms with van der Waals surface area (Å²) in [5.41, 5.74) is 0. The molecule has 156 valence electrons. The maximum absolute atomic E-state index is 12.0. The van der Waals surface area contributed by atoms with Crippen LogP contribution >= 0.6 is 0 Å². The molecule has 3 nitrogen and oxygen atoms in total. The highest BCUT2D eigenvalue weighted by atomic mass is 16.6. The van der Waals surface area contributed by atoms with Crippen LogP contribution in [0.1, 0.15) is 109 Å². The van der Waals surface area contributed by atoms with E-state index >= 15 is 0 Å². The molecule has 0 amide bonds. The van der Waals surface area contributed by atoms with Crippen LogP contribution in [0.15, 0.2) is 24.3 Å². The normalized spacial score (nSPS) is 26.4. The molecule has 0 saturated carbocycles. The molecule has 0 fully saturated rings. The van der Waals surface area contributed by atoms with Crippen molar-refractivity contribution in [2.75, 3.05) is 7.05 Å².